The van der Waals surface area contributed by atoms with Gasteiger partial charge in [0.25, 0.3) is 5.56 Å². The summed E-state index contributed by atoms with van der Waals surface area (Å²) in [5, 5.41) is 21.8. The number of anilines is 1. The van der Waals surface area contributed by atoms with Gasteiger partial charge in [0.2, 0.25) is 5.95 Å². The molecule has 1 saturated heterocycles. The van der Waals surface area contributed by atoms with Crippen molar-refractivity contribution in [2.75, 3.05) is 44.3 Å². The largest absolute Gasteiger partial charge is 1.00 e. The third kappa shape index (κ3) is 5.12. The van der Waals surface area contributed by atoms with Crippen molar-refractivity contribution in [3.8, 4) is 5.75 Å². The van der Waals surface area contributed by atoms with Gasteiger partial charge < -0.3 is 42.1 Å². The van der Waals surface area contributed by atoms with Gasteiger partial charge in [-0.15, -0.1) is 0 Å². The number of rotatable bonds is 8. The maximum absolute atomic E-state index is 13.0. The normalized spacial score (nSPS) is 14.9. The number of hydrogen-bond donors (Lipinski definition) is 3. The molecular weight excluding hydrogens is 464 g/mol. The number of ether oxygens (including phenoxy) is 1. The molecule has 1 aromatic carbocycles. The summed E-state index contributed by atoms with van der Waals surface area (Å²) in [6.07, 6.45) is 0.113. The van der Waals surface area contributed by atoms with Gasteiger partial charge in [0.15, 0.2) is 11.2 Å². The van der Waals surface area contributed by atoms with Gasteiger partial charge in [0.05, 0.1) is 19.8 Å². The van der Waals surface area contributed by atoms with Crippen molar-refractivity contribution < 1.29 is 32.7 Å². The van der Waals surface area contributed by atoms with E-state index in [-0.39, 0.29) is 23.7 Å². The summed E-state index contributed by atoms with van der Waals surface area (Å²) in [4.78, 5) is 32.1. The minimum Gasteiger partial charge on any atom is -1.00 e. The number of imidazole rings is 1. The van der Waals surface area contributed by atoms with Crippen LogP contribution in [0.1, 0.15) is 18.1 Å². The molecule has 1 aliphatic rings. The zero-order chi connectivity index (χ0) is 23.5. The van der Waals surface area contributed by atoms with Crippen LogP contribution in [-0.2, 0) is 25.4 Å². The van der Waals surface area contributed by atoms with Gasteiger partial charge in [0, 0.05) is 40.2 Å². The Balaban J connectivity index is 0.00000324. The van der Waals surface area contributed by atoms with E-state index in [2.05, 4.69) is 9.88 Å². The fraction of sp³-hybridized carbons (Fsp3) is 0.500. The molecule has 4 N–H and O–H groups in total. The number of aromatic hydroxyl groups is 1. The molecule has 1 aliphatic heterocycles. The van der Waals surface area contributed by atoms with Crippen molar-refractivity contribution >= 4 is 17.1 Å². The minimum absolute atomic E-state index is 0. The SMILES string of the molecule is Cn1c(=O)c2c(nc(N3CCOCC3)n2CCC[NH2+]CC(O)c2ccc(O)cc2)n(C)c1=O.[Cl-]. The van der Waals surface area contributed by atoms with Gasteiger partial charge >= 0.3 is 5.69 Å². The van der Waals surface area contributed by atoms with E-state index in [9.17, 15) is 19.8 Å². The van der Waals surface area contributed by atoms with Crippen LogP contribution in [0.5, 0.6) is 5.75 Å². The lowest BCUT2D eigenvalue weighted by Crippen LogP contribution is -3.00. The number of phenolic OH excluding ortho intramolecular Hbond substituents is 1. The molecule has 0 radical (unpaired) electrons. The van der Waals surface area contributed by atoms with Crippen LogP contribution in [0.25, 0.3) is 11.2 Å². The van der Waals surface area contributed by atoms with E-state index in [0.717, 1.165) is 23.1 Å². The van der Waals surface area contributed by atoms with Crippen LogP contribution in [0.4, 0.5) is 5.95 Å². The van der Waals surface area contributed by atoms with Crippen LogP contribution < -0.4 is 33.9 Å². The molecule has 0 aliphatic carbocycles. The Morgan fingerprint density at radius 2 is 1.79 bits per heavy atom. The van der Waals surface area contributed by atoms with Crippen LogP contribution in [0.2, 0.25) is 0 Å². The molecule has 11 nitrogen and oxygen atoms in total. The van der Waals surface area contributed by atoms with Gasteiger partial charge in [-0.3, -0.25) is 13.9 Å². The van der Waals surface area contributed by atoms with Crippen LogP contribution in [0.15, 0.2) is 33.9 Å². The van der Waals surface area contributed by atoms with Crippen molar-refractivity contribution in [1.82, 2.24) is 18.7 Å². The first kappa shape index (κ1) is 25.8. The second kappa shape index (κ2) is 11.0. The highest BCUT2D eigenvalue weighted by atomic mass is 35.5. The van der Waals surface area contributed by atoms with E-state index >= 15 is 0 Å². The number of fused-ring (bicyclic) bond motifs is 1. The van der Waals surface area contributed by atoms with E-state index < -0.39 is 11.8 Å². The zero-order valence-corrected chi connectivity index (χ0v) is 20.1. The Morgan fingerprint density at radius 1 is 1.12 bits per heavy atom. The van der Waals surface area contributed by atoms with Crippen LogP contribution in [0, 0.1) is 0 Å². The fourth-order valence-electron chi connectivity index (χ4n) is 4.15. The van der Waals surface area contributed by atoms with Crippen molar-refractivity contribution in [2.24, 2.45) is 14.1 Å². The first-order valence-corrected chi connectivity index (χ1v) is 11.2. The van der Waals surface area contributed by atoms with Gasteiger partial charge in [-0.25, -0.2) is 4.79 Å². The van der Waals surface area contributed by atoms with Crippen LogP contribution >= 0.6 is 0 Å². The number of hydrogen-bond acceptors (Lipinski definition) is 7. The molecule has 0 amide bonds. The monoisotopic (exact) mass is 494 g/mol. The van der Waals surface area contributed by atoms with E-state index in [0.29, 0.717) is 56.5 Å². The Labute approximate surface area is 202 Å². The predicted octanol–water partition coefficient (Wildman–Crippen LogP) is -4.33. The van der Waals surface area contributed by atoms with E-state index in [1.54, 1.807) is 31.3 Å². The summed E-state index contributed by atoms with van der Waals surface area (Å²) in [5.74, 6) is 0.845. The van der Waals surface area contributed by atoms with Gasteiger partial charge in [0.1, 0.15) is 18.4 Å². The molecular formula is C22H31ClN6O5. The standard InChI is InChI=1S/C22H30N6O5.ClH/c1-25-19-18(20(31)26(2)22(25)32)28(21(24-19)27-10-12-33-13-11-27)9-3-8-23-14-17(30)15-4-6-16(29)7-5-15;/h4-7,17,23,29-30H,3,8-14H2,1-2H3;1H. The highest BCUT2D eigenvalue weighted by Crippen LogP contribution is 2.21. The molecule has 12 heteroatoms. The molecule has 4 rings (SSSR count). The number of nitrogens with zero attached hydrogens (tertiary/aromatic N) is 5. The molecule has 1 atom stereocenters. The summed E-state index contributed by atoms with van der Waals surface area (Å²) < 4.78 is 9.90. The number of benzene rings is 1. The number of aliphatic hydroxyl groups is 1. The lowest BCUT2D eigenvalue weighted by Gasteiger charge is -2.28. The Kier molecular flexibility index (Phi) is 8.37. The highest BCUT2D eigenvalue weighted by Gasteiger charge is 2.24. The second-order valence-electron chi connectivity index (χ2n) is 8.31. The molecule has 2 aromatic heterocycles. The summed E-state index contributed by atoms with van der Waals surface area (Å²) in [5.41, 5.74) is 0.805. The Bertz CT molecular complexity index is 1230. The van der Waals surface area contributed by atoms with Crippen molar-refractivity contribution in [3.63, 3.8) is 0 Å². The number of halogens is 1. The zero-order valence-electron chi connectivity index (χ0n) is 19.4. The minimum atomic E-state index is -0.634. The average molecular weight is 495 g/mol. The summed E-state index contributed by atoms with van der Waals surface area (Å²) in [6.45, 7) is 4.30. The molecule has 0 bridgehead atoms. The highest BCUT2D eigenvalue weighted by molar-refractivity contribution is 5.74. The molecule has 186 valence electrons. The lowest BCUT2D eigenvalue weighted by molar-refractivity contribution is -0.662. The van der Waals surface area contributed by atoms with E-state index in [4.69, 9.17) is 4.74 Å². The number of phenols is 1. The molecule has 0 spiro atoms. The first-order valence-electron chi connectivity index (χ1n) is 11.2. The molecule has 34 heavy (non-hydrogen) atoms. The maximum Gasteiger partial charge on any atom is 0.332 e. The molecule has 1 fully saturated rings. The van der Waals surface area contributed by atoms with E-state index in [1.165, 1.54) is 11.6 Å². The second-order valence-corrected chi connectivity index (χ2v) is 8.31. The van der Waals surface area contributed by atoms with Crippen molar-refractivity contribution in [2.45, 2.75) is 19.1 Å². The van der Waals surface area contributed by atoms with Crippen LogP contribution in [0.3, 0.4) is 0 Å². The number of nitrogens with two attached hydrogens (primary N) is 1. The number of quaternary nitrogens is 1. The maximum atomic E-state index is 13.0. The topological polar surface area (TPSA) is 131 Å². The first-order chi connectivity index (χ1) is 15.9. The van der Waals surface area contributed by atoms with Crippen molar-refractivity contribution in [1.29, 1.82) is 0 Å². The molecule has 3 aromatic rings. The van der Waals surface area contributed by atoms with Crippen LogP contribution in [-0.4, -0.2) is 68.3 Å². The quantitative estimate of drug-likeness (QED) is 0.270. The number of morpholine rings is 1. The van der Waals surface area contributed by atoms with Gasteiger partial charge in [-0.2, -0.15) is 4.98 Å². The lowest BCUT2D eigenvalue weighted by atomic mass is 10.1. The number of aliphatic hydroxyl groups excluding tert-OH is 1. The summed E-state index contributed by atoms with van der Waals surface area (Å²) >= 11 is 0. The smallest absolute Gasteiger partial charge is 0.332 e. The number of aromatic nitrogens is 4. The third-order valence-electron chi connectivity index (χ3n) is 6.08. The summed E-state index contributed by atoms with van der Waals surface area (Å²) in [6, 6.07) is 6.54. The predicted molar refractivity (Wildman–Crippen MR) is 123 cm³/mol. The third-order valence-corrected chi connectivity index (χ3v) is 6.08. The summed E-state index contributed by atoms with van der Waals surface area (Å²) in [7, 11) is 3.11. The van der Waals surface area contributed by atoms with Gasteiger partial charge in [-0.05, 0) is 17.7 Å². The average Bonchev–Trinajstić information content (AvgIpc) is 3.21. The Hall–Kier alpha value is -2.86. The fourth-order valence-corrected chi connectivity index (χ4v) is 4.15. The molecule has 0 saturated carbocycles. The Morgan fingerprint density at radius 3 is 2.47 bits per heavy atom. The number of aryl methyl sites for hydroxylation is 2. The van der Waals surface area contributed by atoms with E-state index in [1.807, 2.05) is 9.88 Å². The molecule has 1 unspecified atom stereocenters. The van der Waals surface area contributed by atoms with Crippen molar-refractivity contribution in [3.05, 3.63) is 50.7 Å². The van der Waals surface area contributed by atoms with Gasteiger partial charge in [-0.1, -0.05) is 12.1 Å². The molecule has 3 heterocycles.